The first-order chi connectivity index (χ1) is 7.09. The monoisotopic (exact) mass is 212 g/mol. The van der Waals surface area contributed by atoms with Gasteiger partial charge in [0, 0.05) is 26.2 Å². The fourth-order valence-corrected chi connectivity index (χ4v) is 2.91. The van der Waals surface area contributed by atoms with Crippen LogP contribution < -0.4 is 5.32 Å². The Morgan fingerprint density at radius 3 is 2.93 bits per heavy atom. The zero-order valence-corrected chi connectivity index (χ0v) is 10.00. The minimum Gasteiger partial charge on any atom is -0.393 e. The van der Waals surface area contributed by atoms with Crippen LogP contribution in [0.3, 0.4) is 0 Å². The van der Waals surface area contributed by atoms with Gasteiger partial charge >= 0.3 is 0 Å². The topological polar surface area (TPSA) is 35.5 Å². The average molecular weight is 212 g/mol. The highest BCUT2D eigenvalue weighted by Gasteiger charge is 2.33. The number of aliphatic hydroxyl groups excluding tert-OH is 1. The minimum atomic E-state index is -0.0734. The normalized spacial score (nSPS) is 43.4. The molecule has 2 aliphatic heterocycles. The van der Waals surface area contributed by atoms with Crippen molar-refractivity contribution in [2.24, 2.45) is 11.3 Å². The molecule has 0 aromatic rings. The molecule has 3 heteroatoms. The van der Waals surface area contributed by atoms with E-state index in [9.17, 15) is 5.11 Å². The molecule has 0 aromatic carbocycles. The van der Waals surface area contributed by atoms with Gasteiger partial charge < -0.3 is 15.3 Å². The van der Waals surface area contributed by atoms with Crippen molar-refractivity contribution in [1.29, 1.82) is 0 Å². The van der Waals surface area contributed by atoms with Crippen molar-refractivity contribution in [1.82, 2.24) is 10.2 Å². The fourth-order valence-electron chi connectivity index (χ4n) is 2.91. The van der Waals surface area contributed by atoms with Crippen LogP contribution in [-0.4, -0.2) is 48.8 Å². The smallest absolute Gasteiger partial charge is 0.0590 e. The molecule has 2 saturated heterocycles. The molecular formula is C12H24N2O. The van der Waals surface area contributed by atoms with E-state index in [-0.39, 0.29) is 6.10 Å². The number of aliphatic hydroxyl groups is 1. The van der Waals surface area contributed by atoms with Crippen LogP contribution in [0.25, 0.3) is 0 Å². The second-order valence-corrected chi connectivity index (χ2v) is 5.81. The van der Waals surface area contributed by atoms with E-state index < -0.39 is 0 Å². The van der Waals surface area contributed by atoms with Gasteiger partial charge in [-0.15, -0.1) is 0 Å². The summed E-state index contributed by atoms with van der Waals surface area (Å²) >= 11 is 0. The molecule has 2 rings (SSSR count). The molecule has 0 spiro atoms. The summed E-state index contributed by atoms with van der Waals surface area (Å²) < 4.78 is 0. The first-order valence-corrected chi connectivity index (χ1v) is 6.20. The molecule has 2 fully saturated rings. The van der Waals surface area contributed by atoms with Gasteiger partial charge in [0.05, 0.1) is 6.10 Å². The number of likely N-dealkylation sites (tertiary alicyclic amines) is 1. The molecule has 3 unspecified atom stereocenters. The Labute approximate surface area is 92.8 Å². The Balaban J connectivity index is 1.84. The van der Waals surface area contributed by atoms with Crippen LogP contribution in [0, 0.1) is 11.3 Å². The minimum absolute atomic E-state index is 0.0734. The maximum Gasteiger partial charge on any atom is 0.0590 e. The standard InChI is InChI=1S/C12H24N2O/c1-10-7-14(6-3-11(10)15)9-12(2)4-5-13-8-12/h10-11,13,15H,3-9H2,1-2H3. The maximum absolute atomic E-state index is 9.68. The molecule has 2 heterocycles. The lowest BCUT2D eigenvalue weighted by Crippen LogP contribution is -2.46. The molecule has 3 atom stereocenters. The zero-order valence-electron chi connectivity index (χ0n) is 10.00. The largest absolute Gasteiger partial charge is 0.393 e. The number of hydrogen-bond acceptors (Lipinski definition) is 3. The van der Waals surface area contributed by atoms with Crippen molar-refractivity contribution < 1.29 is 5.11 Å². The third-order valence-electron chi connectivity index (χ3n) is 4.01. The van der Waals surface area contributed by atoms with Crippen LogP contribution in [0.15, 0.2) is 0 Å². The van der Waals surface area contributed by atoms with E-state index in [1.165, 1.54) is 19.5 Å². The van der Waals surface area contributed by atoms with E-state index in [4.69, 9.17) is 0 Å². The summed E-state index contributed by atoms with van der Waals surface area (Å²) in [7, 11) is 0. The predicted octanol–water partition coefficient (Wildman–Crippen LogP) is 0.689. The van der Waals surface area contributed by atoms with E-state index in [0.29, 0.717) is 11.3 Å². The summed E-state index contributed by atoms with van der Waals surface area (Å²) in [5, 5.41) is 13.1. The summed E-state index contributed by atoms with van der Waals surface area (Å²) in [6, 6.07) is 0. The highest BCUT2D eigenvalue weighted by molar-refractivity contribution is 4.88. The Morgan fingerprint density at radius 1 is 1.53 bits per heavy atom. The van der Waals surface area contributed by atoms with Crippen molar-refractivity contribution >= 4 is 0 Å². The Morgan fingerprint density at radius 2 is 2.33 bits per heavy atom. The number of nitrogens with zero attached hydrogens (tertiary/aromatic N) is 1. The molecule has 88 valence electrons. The number of hydrogen-bond donors (Lipinski definition) is 2. The van der Waals surface area contributed by atoms with Crippen molar-refractivity contribution in [2.45, 2.75) is 32.8 Å². The van der Waals surface area contributed by atoms with Crippen LogP contribution in [0.5, 0.6) is 0 Å². The highest BCUT2D eigenvalue weighted by atomic mass is 16.3. The fraction of sp³-hybridized carbons (Fsp3) is 1.00. The number of piperidine rings is 1. The van der Waals surface area contributed by atoms with Gasteiger partial charge in [-0.25, -0.2) is 0 Å². The lowest BCUT2D eigenvalue weighted by atomic mass is 9.87. The molecule has 15 heavy (non-hydrogen) atoms. The molecular weight excluding hydrogens is 188 g/mol. The zero-order chi connectivity index (χ0) is 10.9. The summed E-state index contributed by atoms with van der Waals surface area (Å²) in [4.78, 5) is 2.53. The van der Waals surface area contributed by atoms with Gasteiger partial charge in [-0.2, -0.15) is 0 Å². The van der Waals surface area contributed by atoms with Gasteiger partial charge in [0.15, 0.2) is 0 Å². The van der Waals surface area contributed by atoms with Crippen molar-refractivity contribution in [2.75, 3.05) is 32.7 Å². The number of rotatable bonds is 2. The molecule has 0 radical (unpaired) electrons. The Hall–Kier alpha value is -0.120. The van der Waals surface area contributed by atoms with Gasteiger partial charge in [-0.1, -0.05) is 13.8 Å². The van der Waals surface area contributed by atoms with Crippen molar-refractivity contribution in [3.63, 3.8) is 0 Å². The molecule has 0 bridgehead atoms. The SMILES string of the molecule is CC1CN(CC2(C)CCNC2)CCC1O. The quantitative estimate of drug-likeness (QED) is 0.707. The molecule has 0 amide bonds. The predicted molar refractivity (Wildman–Crippen MR) is 61.8 cm³/mol. The molecule has 3 nitrogen and oxygen atoms in total. The lowest BCUT2D eigenvalue weighted by Gasteiger charge is -2.38. The van der Waals surface area contributed by atoms with Crippen LogP contribution in [0.2, 0.25) is 0 Å². The molecule has 0 saturated carbocycles. The van der Waals surface area contributed by atoms with E-state index in [1.807, 2.05) is 0 Å². The van der Waals surface area contributed by atoms with Gasteiger partial charge in [0.2, 0.25) is 0 Å². The second kappa shape index (κ2) is 4.40. The Kier molecular flexibility index (Phi) is 3.33. The Bertz CT molecular complexity index is 214. The van der Waals surface area contributed by atoms with Crippen molar-refractivity contribution in [3.05, 3.63) is 0 Å². The summed E-state index contributed by atoms with van der Waals surface area (Å²) in [5.74, 6) is 0.441. The van der Waals surface area contributed by atoms with E-state index in [1.54, 1.807) is 0 Å². The van der Waals surface area contributed by atoms with E-state index in [0.717, 1.165) is 26.1 Å². The molecule has 2 N–H and O–H groups in total. The summed E-state index contributed by atoms with van der Waals surface area (Å²) in [6.45, 7) is 10.2. The van der Waals surface area contributed by atoms with Crippen LogP contribution >= 0.6 is 0 Å². The van der Waals surface area contributed by atoms with Gasteiger partial charge in [-0.3, -0.25) is 0 Å². The maximum atomic E-state index is 9.68. The van der Waals surface area contributed by atoms with E-state index in [2.05, 4.69) is 24.1 Å². The van der Waals surface area contributed by atoms with Gasteiger partial charge in [-0.05, 0) is 30.7 Å². The summed E-state index contributed by atoms with van der Waals surface area (Å²) in [5.41, 5.74) is 0.460. The highest BCUT2D eigenvalue weighted by Crippen LogP contribution is 2.28. The van der Waals surface area contributed by atoms with E-state index >= 15 is 0 Å². The third kappa shape index (κ3) is 2.71. The van der Waals surface area contributed by atoms with Crippen LogP contribution in [0.1, 0.15) is 26.7 Å². The molecule has 0 aromatic heterocycles. The number of nitrogens with one attached hydrogen (secondary N) is 1. The first-order valence-electron chi connectivity index (χ1n) is 6.20. The lowest BCUT2D eigenvalue weighted by molar-refractivity contribution is 0.0211. The first kappa shape index (κ1) is 11.4. The van der Waals surface area contributed by atoms with Gasteiger partial charge in [0.1, 0.15) is 0 Å². The third-order valence-corrected chi connectivity index (χ3v) is 4.01. The van der Waals surface area contributed by atoms with Gasteiger partial charge in [0.25, 0.3) is 0 Å². The van der Waals surface area contributed by atoms with Crippen molar-refractivity contribution in [3.8, 4) is 0 Å². The molecule has 0 aliphatic carbocycles. The summed E-state index contributed by atoms with van der Waals surface area (Å²) in [6.07, 6.45) is 2.17. The van der Waals surface area contributed by atoms with Crippen LogP contribution in [0.4, 0.5) is 0 Å². The van der Waals surface area contributed by atoms with Crippen LogP contribution in [-0.2, 0) is 0 Å². The molecule has 2 aliphatic rings. The average Bonchev–Trinajstić information content (AvgIpc) is 2.59. The second-order valence-electron chi connectivity index (χ2n) is 5.81.